The molecule has 0 saturated carbocycles. The maximum absolute atomic E-state index is 5.89. The van der Waals surface area contributed by atoms with Gasteiger partial charge in [0.15, 0.2) is 5.82 Å². The normalized spacial score (nSPS) is 10.6. The highest BCUT2D eigenvalue weighted by Gasteiger charge is 2.12. The summed E-state index contributed by atoms with van der Waals surface area (Å²) in [6.07, 6.45) is 0. The van der Waals surface area contributed by atoms with Crippen LogP contribution >= 0.6 is 0 Å². The lowest BCUT2D eigenvalue weighted by atomic mass is 10.00. The van der Waals surface area contributed by atoms with Gasteiger partial charge in [-0.05, 0) is 37.1 Å². The van der Waals surface area contributed by atoms with Crippen LogP contribution in [0.25, 0.3) is 11.1 Å². The van der Waals surface area contributed by atoms with Crippen LogP contribution in [0.2, 0.25) is 0 Å². The van der Waals surface area contributed by atoms with Gasteiger partial charge < -0.3 is 10.6 Å². The third kappa shape index (κ3) is 1.98. The van der Waals surface area contributed by atoms with Crippen molar-refractivity contribution in [1.29, 1.82) is 0 Å². The number of aryl methyl sites for hydroxylation is 2. The van der Waals surface area contributed by atoms with Gasteiger partial charge in [0, 0.05) is 31.0 Å². The molecule has 3 N–H and O–H groups in total. The van der Waals surface area contributed by atoms with E-state index in [2.05, 4.69) is 40.2 Å². The van der Waals surface area contributed by atoms with Gasteiger partial charge in [0.1, 0.15) is 0 Å². The lowest BCUT2D eigenvalue weighted by molar-refractivity contribution is 1.05. The third-order valence-electron chi connectivity index (χ3n) is 2.97. The van der Waals surface area contributed by atoms with E-state index in [1.165, 1.54) is 11.3 Å². The summed E-state index contributed by atoms with van der Waals surface area (Å²) in [7, 11) is 4.07. The number of nitrogens with zero attached hydrogens (tertiary/aromatic N) is 2. The number of nitrogens with two attached hydrogens (primary N) is 1. The van der Waals surface area contributed by atoms with Crippen molar-refractivity contribution in [3.8, 4) is 11.1 Å². The fraction of sp³-hybridized carbons (Fsp3) is 0.308. The Bertz CT molecular complexity index is 521. The van der Waals surface area contributed by atoms with Crippen molar-refractivity contribution in [2.75, 3.05) is 24.7 Å². The quantitative estimate of drug-likeness (QED) is 0.832. The van der Waals surface area contributed by atoms with Crippen LogP contribution in [0.3, 0.4) is 0 Å². The highest BCUT2D eigenvalue weighted by molar-refractivity contribution is 5.79. The van der Waals surface area contributed by atoms with Crippen molar-refractivity contribution in [2.24, 2.45) is 0 Å². The van der Waals surface area contributed by atoms with E-state index in [-0.39, 0.29) is 0 Å². The molecule has 17 heavy (non-hydrogen) atoms. The first-order valence-electron chi connectivity index (χ1n) is 5.59. The summed E-state index contributed by atoms with van der Waals surface area (Å²) in [5.74, 6) is 0.559. The fourth-order valence-electron chi connectivity index (χ4n) is 1.99. The Labute approximate surface area is 101 Å². The second-order valence-electron chi connectivity index (χ2n) is 4.50. The molecule has 0 aliphatic rings. The number of hydrogen-bond donors (Lipinski definition) is 2. The Morgan fingerprint density at radius 3 is 2.41 bits per heavy atom. The van der Waals surface area contributed by atoms with Gasteiger partial charge in [-0.3, -0.25) is 5.10 Å². The molecular weight excluding hydrogens is 212 g/mol. The minimum Gasteiger partial charge on any atom is -0.382 e. The Hall–Kier alpha value is -1.97. The third-order valence-corrected chi connectivity index (χ3v) is 2.97. The van der Waals surface area contributed by atoms with Crippen LogP contribution in [0.1, 0.15) is 11.3 Å². The van der Waals surface area contributed by atoms with Crippen molar-refractivity contribution in [3.63, 3.8) is 0 Å². The van der Waals surface area contributed by atoms with Gasteiger partial charge in [0.05, 0.1) is 0 Å². The molecule has 4 nitrogen and oxygen atoms in total. The molecule has 0 aliphatic heterocycles. The van der Waals surface area contributed by atoms with E-state index in [9.17, 15) is 0 Å². The molecule has 0 fully saturated rings. The molecule has 1 aromatic heterocycles. The summed E-state index contributed by atoms with van der Waals surface area (Å²) in [6, 6.07) is 6.34. The monoisotopic (exact) mass is 230 g/mol. The van der Waals surface area contributed by atoms with Crippen LogP contribution in [-0.2, 0) is 0 Å². The summed E-state index contributed by atoms with van der Waals surface area (Å²) < 4.78 is 0. The SMILES string of the molecule is Cc1cc(N(C)C)ccc1-c1c(N)n[nH]c1C. The number of hydrogen-bond acceptors (Lipinski definition) is 3. The molecule has 0 unspecified atom stereocenters. The van der Waals surface area contributed by atoms with E-state index < -0.39 is 0 Å². The summed E-state index contributed by atoms with van der Waals surface area (Å²) in [4.78, 5) is 2.09. The number of nitrogen functional groups attached to an aromatic ring is 1. The maximum Gasteiger partial charge on any atom is 0.153 e. The summed E-state index contributed by atoms with van der Waals surface area (Å²) in [5, 5.41) is 6.95. The van der Waals surface area contributed by atoms with E-state index >= 15 is 0 Å². The topological polar surface area (TPSA) is 57.9 Å². The molecule has 1 heterocycles. The summed E-state index contributed by atoms with van der Waals surface area (Å²) in [5.41, 5.74) is 11.4. The van der Waals surface area contributed by atoms with E-state index in [1.54, 1.807) is 0 Å². The Kier molecular flexibility index (Phi) is 2.79. The molecule has 0 saturated heterocycles. The molecule has 0 bridgehead atoms. The van der Waals surface area contributed by atoms with E-state index in [0.29, 0.717) is 5.82 Å². The Morgan fingerprint density at radius 1 is 1.24 bits per heavy atom. The predicted molar refractivity (Wildman–Crippen MR) is 72.2 cm³/mol. The second kappa shape index (κ2) is 4.13. The Balaban J connectivity index is 2.54. The summed E-state index contributed by atoms with van der Waals surface area (Å²) >= 11 is 0. The molecule has 0 spiro atoms. The van der Waals surface area contributed by atoms with E-state index in [1.807, 2.05) is 21.0 Å². The number of rotatable bonds is 2. The molecule has 1 aromatic carbocycles. The lowest BCUT2D eigenvalue weighted by Crippen LogP contribution is -2.08. The van der Waals surface area contributed by atoms with Gasteiger partial charge in [-0.1, -0.05) is 6.07 Å². The number of nitrogens with one attached hydrogen (secondary N) is 1. The van der Waals surface area contributed by atoms with E-state index in [4.69, 9.17) is 5.73 Å². The standard InChI is InChI=1S/C13H18N4/c1-8-7-10(17(3)4)5-6-11(8)12-9(2)15-16-13(12)14/h5-7H,1-4H3,(H3,14,15,16). The van der Waals surface area contributed by atoms with Gasteiger partial charge >= 0.3 is 0 Å². The number of aromatic amines is 1. The van der Waals surface area contributed by atoms with Crippen molar-refractivity contribution in [2.45, 2.75) is 13.8 Å². The van der Waals surface area contributed by atoms with Crippen LogP contribution < -0.4 is 10.6 Å². The zero-order chi connectivity index (χ0) is 12.6. The van der Waals surface area contributed by atoms with Crippen LogP contribution in [0.15, 0.2) is 18.2 Å². The molecule has 2 aromatic rings. The van der Waals surface area contributed by atoms with Crippen LogP contribution in [0.5, 0.6) is 0 Å². The molecule has 90 valence electrons. The van der Waals surface area contributed by atoms with Crippen LogP contribution in [0.4, 0.5) is 11.5 Å². The van der Waals surface area contributed by atoms with Crippen molar-refractivity contribution in [1.82, 2.24) is 10.2 Å². The number of H-pyrrole nitrogens is 1. The fourth-order valence-corrected chi connectivity index (χ4v) is 1.99. The first kappa shape index (κ1) is 11.5. The van der Waals surface area contributed by atoms with Crippen molar-refractivity contribution in [3.05, 3.63) is 29.5 Å². The zero-order valence-corrected chi connectivity index (χ0v) is 10.7. The largest absolute Gasteiger partial charge is 0.382 e. The summed E-state index contributed by atoms with van der Waals surface area (Å²) in [6.45, 7) is 4.08. The molecule has 0 amide bonds. The molecule has 2 rings (SSSR count). The lowest BCUT2D eigenvalue weighted by Gasteiger charge is -2.15. The van der Waals surface area contributed by atoms with Gasteiger partial charge in [-0.15, -0.1) is 0 Å². The highest BCUT2D eigenvalue weighted by atomic mass is 15.2. The van der Waals surface area contributed by atoms with Gasteiger partial charge in [0.25, 0.3) is 0 Å². The smallest absolute Gasteiger partial charge is 0.153 e. The Morgan fingerprint density at radius 2 is 1.94 bits per heavy atom. The minimum absolute atomic E-state index is 0.559. The molecule has 0 aliphatic carbocycles. The average Bonchev–Trinajstić information content (AvgIpc) is 2.59. The van der Waals surface area contributed by atoms with E-state index in [0.717, 1.165) is 16.8 Å². The van der Waals surface area contributed by atoms with Crippen molar-refractivity contribution >= 4 is 11.5 Å². The highest BCUT2D eigenvalue weighted by Crippen LogP contribution is 2.31. The molecule has 0 atom stereocenters. The van der Waals surface area contributed by atoms with Gasteiger partial charge in [-0.2, -0.15) is 5.10 Å². The molecular formula is C13H18N4. The van der Waals surface area contributed by atoms with Gasteiger partial charge in [0.2, 0.25) is 0 Å². The second-order valence-corrected chi connectivity index (χ2v) is 4.50. The first-order chi connectivity index (χ1) is 8.00. The molecule has 4 heteroatoms. The van der Waals surface area contributed by atoms with Gasteiger partial charge in [-0.25, -0.2) is 0 Å². The molecule has 0 radical (unpaired) electrons. The van der Waals surface area contributed by atoms with Crippen molar-refractivity contribution < 1.29 is 0 Å². The number of anilines is 2. The number of benzene rings is 1. The van der Waals surface area contributed by atoms with Crippen LogP contribution in [0, 0.1) is 13.8 Å². The minimum atomic E-state index is 0.559. The average molecular weight is 230 g/mol. The van der Waals surface area contributed by atoms with Crippen LogP contribution in [-0.4, -0.2) is 24.3 Å². The maximum atomic E-state index is 5.89. The zero-order valence-electron chi connectivity index (χ0n) is 10.7. The number of aromatic nitrogens is 2. The first-order valence-corrected chi connectivity index (χ1v) is 5.59. The predicted octanol–water partition coefficient (Wildman–Crippen LogP) is 2.34.